The van der Waals surface area contributed by atoms with E-state index in [0.29, 0.717) is 118 Å². The van der Waals surface area contributed by atoms with Gasteiger partial charge in [-0.2, -0.15) is 8.61 Å². The molecule has 8 aliphatic rings. The molecule has 8 heterocycles. The molecule has 121 heavy (non-hydrogen) atoms. The number of aliphatic hydroxyl groups is 1. The maximum absolute atomic E-state index is 13.4. The Morgan fingerprint density at radius 3 is 0.711 bits per heavy atom. The number of hydrogen-bond donors (Lipinski definition) is 3. The molecule has 3 aromatic rings. The second-order valence-corrected chi connectivity index (χ2v) is 53.8. The molecule has 55 heteroatoms. The Balaban J connectivity index is 0.000000216. The van der Waals surface area contributed by atoms with E-state index < -0.39 is 150 Å². The van der Waals surface area contributed by atoms with Crippen LogP contribution in [0.5, 0.6) is 0 Å². The van der Waals surface area contributed by atoms with Gasteiger partial charge in [-0.25, -0.2) is 97.3 Å². The van der Waals surface area contributed by atoms with E-state index in [9.17, 15) is 123 Å². The van der Waals surface area contributed by atoms with Gasteiger partial charge in [0.2, 0.25) is 30.1 Å². The summed E-state index contributed by atoms with van der Waals surface area (Å²) >= 11 is 0. The highest BCUT2D eigenvalue weighted by molar-refractivity contribution is 7.93. The first-order chi connectivity index (χ1) is 56.5. The monoisotopic (exact) mass is 1930 g/mol. The third-order valence-electron chi connectivity index (χ3n) is 21.2. The largest absolute Gasteiger partial charge is 0.395 e. The molecule has 11 rings (SSSR count). The van der Waals surface area contributed by atoms with E-state index in [4.69, 9.17) is 5.11 Å². The van der Waals surface area contributed by atoms with Gasteiger partial charge in [-0.3, -0.25) is 35.2 Å². The van der Waals surface area contributed by atoms with Crippen LogP contribution < -0.4 is 10.0 Å². The van der Waals surface area contributed by atoms with E-state index in [0.717, 1.165) is 44.4 Å². The van der Waals surface area contributed by atoms with E-state index in [1.165, 1.54) is 63.2 Å². The van der Waals surface area contributed by atoms with E-state index in [1.807, 2.05) is 29.4 Å². The molecule has 0 bridgehead atoms. The van der Waals surface area contributed by atoms with Crippen molar-refractivity contribution in [1.82, 2.24) is 57.8 Å². The number of nitrogens with zero attached hydrogens (tertiary/aromatic N) is 13. The van der Waals surface area contributed by atoms with Crippen molar-refractivity contribution < 1.29 is 112 Å². The molecule has 0 aromatic heterocycles. The molecule has 8 aliphatic heterocycles. The standard InChI is InChI=1S/2C18H28N4O8S3.C12H17N3O6S2.C12H25N3O4S2.C6H13NO3S/c2*23-22(24)17-3-1-2-4-18(17)33(29,30)21(7-5-19-9-13-31(25,26)14-10-19)8-6-20-11-15-32(27,28)16-12-20;16-15(17)11-3-1-2-4-12(11)23(20,21)13-5-6-14-7-9-22(18,19)10-8-14;16-20(17)9-5-14(6-10-20)3-1-13-2-4-15-7-11-21(18,19)12-8-15;8-4-1-7-2-5-11(9,10)6-3-7/h2*1-4H,5-16H2;1-4,13H,5-10H2;13H,1-12H2;8H,1-6H2. The van der Waals surface area contributed by atoms with Crippen molar-refractivity contribution in [1.29, 1.82) is 0 Å². The third kappa shape index (κ3) is 35.2. The molecule has 0 saturated carbocycles. The molecule has 8 saturated heterocycles. The first kappa shape index (κ1) is 103. The Labute approximate surface area is 710 Å². The molecule has 0 atom stereocenters. The number of rotatable bonds is 32. The Morgan fingerprint density at radius 1 is 0.298 bits per heavy atom. The fourth-order valence-corrected chi connectivity index (χ4v) is 28.0. The molecule has 0 amide bonds. The highest BCUT2D eigenvalue weighted by Gasteiger charge is 2.37. The van der Waals surface area contributed by atoms with Crippen molar-refractivity contribution in [3.05, 3.63) is 103 Å². The summed E-state index contributed by atoms with van der Waals surface area (Å²) in [5.41, 5.74) is -1.52. The van der Waals surface area contributed by atoms with Crippen molar-refractivity contribution in [2.45, 2.75) is 14.7 Å². The lowest BCUT2D eigenvalue weighted by Crippen LogP contribution is -2.48. The molecule has 8 fully saturated rings. The summed E-state index contributed by atoms with van der Waals surface area (Å²) in [5.74, 6) is 1.75. The minimum atomic E-state index is -4.22. The van der Waals surface area contributed by atoms with Crippen LogP contribution in [0.3, 0.4) is 0 Å². The van der Waals surface area contributed by atoms with E-state index in [2.05, 4.69) is 19.8 Å². The van der Waals surface area contributed by atoms with Crippen LogP contribution >= 0.6 is 0 Å². The summed E-state index contributed by atoms with van der Waals surface area (Å²) in [5, 5.41) is 45.6. The predicted molar refractivity (Wildman–Crippen MR) is 453 cm³/mol. The Bertz CT molecular complexity index is 4890. The van der Waals surface area contributed by atoms with Gasteiger partial charge in [0.15, 0.2) is 93.4 Å². The Hall–Kier alpha value is -5.21. The van der Waals surface area contributed by atoms with Gasteiger partial charge in [-0.1, -0.05) is 36.4 Å². The maximum atomic E-state index is 13.4. The number of nitrogens with one attached hydrogen (secondary N) is 2. The van der Waals surface area contributed by atoms with Gasteiger partial charge >= 0.3 is 0 Å². The van der Waals surface area contributed by atoms with E-state index in [1.54, 1.807) is 0 Å². The zero-order chi connectivity index (χ0) is 89.3. The second-order valence-electron chi connectivity index (χ2n) is 29.8. The number of sulfone groups is 8. The lowest BCUT2D eigenvalue weighted by atomic mass is 10.3. The quantitative estimate of drug-likeness (QED) is 0.0298. The molecule has 3 aromatic carbocycles. The van der Waals surface area contributed by atoms with Crippen molar-refractivity contribution in [2.24, 2.45) is 0 Å². The fourth-order valence-electron chi connectivity index (χ4n) is 13.4. The van der Waals surface area contributed by atoms with Gasteiger partial charge in [0.05, 0.1) is 113 Å². The van der Waals surface area contributed by atoms with Gasteiger partial charge in [-0.05, 0) is 18.2 Å². The number of sulfonamides is 3. The minimum Gasteiger partial charge on any atom is -0.395 e. The van der Waals surface area contributed by atoms with Crippen molar-refractivity contribution >= 4 is 126 Å². The number of nitro groups is 3. The highest BCUT2D eigenvalue weighted by atomic mass is 32.2. The van der Waals surface area contributed by atoms with E-state index >= 15 is 0 Å². The molecular weight excluding hydrogens is 1820 g/mol. The first-order valence-corrected chi connectivity index (χ1v) is 57.9. The van der Waals surface area contributed by atoms with Gasteiger partial charge in [0.25, 0.3) is 17.1 Å². The number of aliphatic hydroxyl groups excluding tert-OH is 1. The summed E-state index contributed by atoms with van der Waals surface area (Å²) in [4.78, 5) is 45.9. The Kier molecular flexibility index (Phi) is 39.1. The number of benzene rings is 3. The van der Waals surface area contributed by atoms with Crippen molar-refractivity contribution in [3.8, 4) is 0 Å². The van der Waals surface area contributed by atoms with Crippen LogP contribution in [0, 0.1) is 30.3 Å². The molecule has 0 unspecified atom stereocenters. The predicted octanol–water partition coefficient (Wildman–Crippen LogP) is -5.56. The summed E-state index contributed by atoms with van der Waals surface area (Å²) in [6.45, 7) is 12.5. The smallest absolute Gasteiger partial charge is 0.289 e. The van der Waals surface area contributed by atoms with Gasteiger partial charge < -0.3 is 44.7 Å². The summed E-state index contributed by atoms with van der Waals surface area (Å²) in [6, 6.07) is 15.4. The second kappa shape index (κ2) is 46.0. The van der Waals surface area contributed by atoms with Gasteiger partial charge in [0.1, 0.15) is 0 Å². The third-order valence-corrected chi connectivity index (χ3v) is 39.5. The van der Waals surface area contributed by atoms with Gasteiger partial charge in [-0.15, -0.1) is 0 Å². The molecular formula is C66H111N15O29S11. The van der Waals surface area contributed by atoms with Crippen LogP contribution in [-0.4, -0.2) is 462 Å². The van der Waals surface area contributed by atoms with Gasteiger partial charge in [0, 0.05) is 221 Å². The summed E-state index contributed by atoms with van der Waals surface area (Å²) in [6.07, 6.45) is 0. The molecule has 3 N–H and O–H groups in total. The highest BCUT2D eigenvalue weighted by Crippen LogP contribution is 2.29. The van der Waals surface area contributed by atoms with Crippen LogP contribution in [0.2, 0.25) is 0 Å². The SMILES string of the molecule is O=S1(=O)CCN(CCNCCN2CCS(=O)(=O)CC2)CC1.O=S1(=O)CCN(CCO)CC1.O=[N+]([O-])c1ccccc1S(=O)(=O)N(CCN1CCS(=O)(=O)CC1)CCN1CCS(=O)(=O)CC1.O=[N+]([O-])c1ccccc1S(=O)(=O)N(CCN1CCS(=O)(=O)CC1)CCN1CCS(=O)(=O)CC1.O=[N+]([O-])c1ccccc1S(=O)(=O)NCCN1CCS(=O)(=O)CC1. The average Bonchev–Trinajstić information content (AvgIpc) is 0.788. The summed E-state index contributed by atoms with van der Waals surface area (Å²) in [7, 11) is -36.1. The molecule has 690 valence electrons. The minimum absolute atomic E-state index is 0.00611. The van der Waals surface area contributed by atoms with Crippen LogP contribution in [0.25, 0.3) is 0 Å². The number of β-amino-alcohol motifs (C(OH)–C–C–N with tert-alkyl or cyclic N) is 1. The fraction of sp³-hybridized carbons (Fsp3) is 0.727. The van der Waals surface area contributed by atoms with Crippen molar-refractivity contribution in [2.75, 3.05) is 302 Å². The zero-order valence-corrected chi connectivity index (χ0v) is 76.0. The zero-order valence-electron chi connectivity index (χ0n) is 67.1. The molecule has 0 spiro atoms. The molecule has 0 radical (unpaired) electrons. The van der Waals surface area contributed by atoms with Crippen LogP contribution in [0.1, 0.15) is 0 Å². The molecule has 0 aliphatic carbocycles. The number of para-hydroxylation sites is 3. The lowest BCUT2D eigenvalue weighted by molar-refractivity contribution is -0.388. The number of nitro benzene ring substituents is 3. The summed E-state index contributed by atoms with van der Waals surface area (Å²) < 4.78 is 266. The maximum Gasteiger partial charge on any atom is 0.289 e. The molecule has 44 nitrogen and oxygen atoms in total. The topological polar surface area (TPSA) is 582 Å². The Morgan fingerprint density at radius 2 is 0.488 bits per heavy atom. The van der Waals surface area contributed by atoms with Crippen LogP contribution in [0.4, 0.5) is 17.1 Å². The lowest BCUT2D eigenvalue weighted by Gasteiger charge is -2.32. The number of hydrogen-bond acceptors (Lipinski definition) is 38. The van der Waals surface area contributed by atoms with Crippen LogP contribution in [0.15, 0.2) is 87.5 Å². The normalized spacial score (nSPS) is 22.3. The van der Waals surface area contributed by atoms with Crippen molar-refractivity contribution in [3.63, 3.8) is 0 Å². The first-order valence-electron chi connectivity index (χ1n) is 38.9. The van der Waals surface area contributed by atoms with E-state index in [-0.39, 0.29) is 162 Å². The van der Waals surface area contributed by atoms with Crippen LogP contribution in [-0.2, 0) is 109 Å². The average molecular weight is 1930 g/mol.